The van der Waals surface area contributed by atoms with Crippen LogP contribution in [-0.4, -0.2) is 54.6 Å². The van der Waals surface area contributed by atoms with E-state index in [1.165, 1.54) is 37.9 Å². The third kappa shape index (κ3) is 4.96. The number of benzene rings is 1. The fourth-order valence-electron chi connectivity index (χ4n) is 4.57. The Morgan fingerprint density at radius 3 is 2.42 bits per heavy atom. The van der Waals surface area contributed by atoms with Gasteiger partial charge in [-0.2, -0.15) is 0 Å². The molecule has 1 saturated heterocycles. The molecule has 1 N–H and O–H groups in total. The molecule has 1 fully saturated rings. The summed E-state index contributed by atoms with van der Waals surface area (Å²) in [6.45, 7) is 9.95. The Kier molecular flexibility index (Phi) is 7.14. The number of aromatic nitrogens is 4. The minimum Gasteiger partial charge on any atom is -0.355 e. The van der Waals surface area contributed by atoms with Crippen LogP contribution < -0.4 is 0 Å². The fourth-order valence-corrected chi connectivity index (χ4v) is 5.52. The van der Waals surface area contributed by atoms with Crippen molar-refractivity contribution in [3.05, 3.63) is 58.7 Å². The van der Waals surface area contributed by atoms with Crippen molar-refractivity contribution in [3.8, 4) is 5.69 Å². The molecule has 4 rings (SSSR count). The van der Waals surface area contributed by atoms with Gasteiger partial charge in [-0.05, 0) is 71.3 Å². The van der Waals surface area contributed by atoms with E-state index in [2.05, 4.69) is 24.6 Å². The zero-order valence-corrected chi connectivity index (χ0v) is 20.5. The van der Waals surface area contributed by atoms with Gasteiger partial charge in [0.05, 0.1) is 17.5 Å². The van der Waals surface area contributed by atoms with Gasteiger partial charge in [-0.1, -0.05) is 36.4 Å². The Hall–Kier alpha value is -2.71. The molecule has 0 spiro atoms. The molecule has 0 saturated carbocycles. The number of thioether (sulfide) groups is 1. The molecule has 1 aliphatic rings. The van der Waals surface area contributed by atoms with E-state index in [9.17, 15) is 9.59 Å². The number of likely N-dealkylation sites (tertiary alicyclic amines) is 1. The number of carbonyl (C=O) groups excluding carboxylic acids is 2. The third-order valence-corrected chi connectivity index (χ3v) is 7.26. The molecule has 33 heavy (non-hydrogen) atoms. The summed E-state index contributed by atoms with van der Waals surface area (Å²) < 4.78 is 2.07. The van der Waals surface area contributed by atoms with Crippen molar-refractivity contribution < 1.29 is 9.59 Å². The number of para-hydroxylation sites is 1. The summed E-state index contributed by atoms with van der Waals surface area (Å²) in [6, 6.07) is 10.1. The topological polar surface area (TPSA) is 83.9 Å². The highest BCUT2D eigenvalue weighted by atomic mass is 32.2. The number of ketones is 2. The van der Waals surface area contributed by atoms with E-state index >= 15 is 0 Å². The van der Waals surface area contributed by atoms with Crippen molar-refractivity contribution in [3.63, 3.8) is 0 Å². The van der Waals surface area contributed by atoms with Crippen molar-refractivity contribution in [1.82, 2.24) is 24.6 Å². The Morgan fingerprint density at radius 1 is 1.09 bits per heavy atom. The van der Waals surface area contributed by atoms with Crippen LogP contribution in [-0.2, 0) is 6.54 Å². The highest BCUT2D eigenvalue weighted by molar-refractivity contribution is 8.00. The second-order valence-corrected chi connectivity index (χ2v) is 10.0. The summed E-state index contributed by atoms with van der Waals surface area (Å²) in [7, 11) is 0. The Bertz CT molecular complexity index is 1150. The quantitative estimate of drug-likeness (QED) is 0.381. The van der Waals surface area contributed by atoms with Crippen LogP contribution in [0, 0.1) is 13.8 Å². The molecule has 3 heterocycles. The molecule has 3 aromatic rings. The van der Waals surface area contributed by atoms with Crippen molar-refractivity contribution in [2.24, 2.45) is 0 Å². The van der Waals surface area contributed by atoms with Crippen LogP contribution in [0.15, 0.2) is 35.5 Å². The lowest BCUT2D eigenvalue weighted by Crippen LogP contribution is -2.30. The molecule has 8 heteroatoms. The largest absolute Gasteiger partial charge is 0.355 e. The number of aryl methyl sites for hydroxylation is 1. The third-order valence-electron chi connectivity index (χ3n) is 6.22. The predicted molar refractivity (Wildman–Crippen MR) is 130 cm³/mol. The van der Waals surface area contributed by atoms with Gasteiger partial charge >= 0.3 is 0 Å². The van der Waals surface area contributed by atoms with Crippen molar-refractivity contribution in [2.45, 2.75) is 63.9 Å². The fraction of sp³-hybridized carbons (Fsp3) is 0.440. The van der Waals surface area contributed by atoms with Gasteiger partial charge in [0.1, 0.15) is 0 Å². The van der Waals surface area contributed by atoms with Gasteiger partial charge in [0.15, 0.2) is 22.5 Å². The van der Waals surface area contributed by atoms with Crippen LogP contribution >= 0.6 is 11.8 Å². The molecule has 7 nitrogen and oxygen atoms in total. The molecular weight excluding hydrogens is 434 g/mol. The number of hydrogen-bond acceptors (Lipinski definition) is 6. The van der Waals surface area contributed by atoms with Crippen molar-refractivity contribution >= 4 is 23.3 Å². The number of nitrogens with zero attached hydrogens (tertiary/aromatic N) is 4. The van der Waals surface area contributed by atoms with E-state index in [0.29, 0.717) is 22.0 Å². The Balaban J connectivity index is 1.61. The maximum Gasteiger partial charge on any atom is 0.196 e. The highest BCUT2D eigenvalue weighted by Crippen LogP contribution is 2.30. The zero-order valence-electron chi connectivity index (χ0n) is 19.7. The molecule has 174 valence electrons. The summed E-state index contributed by atoms with van der Waals surface area (Å²) >= 11 is 1.40. The second kappa shape index (κ2) is 10.1. The number of piperidine rings is 1. The smallest absolute Gasteiger partial charge is 0.196 e. The molecule has 1 atom stereocenters. The molecule has 1 unspecified atom stereocenters. The van der Waals surface area contributed by atoms with Gasteiger partial charge < -0.3 is 4.98 Å². The lowest BCUT2D eigenvalue weighted by atomic mass is 10.0. The molecule has 0 aliphatic carbocycles. The summed E-state index contributed by atoms with van der Waals surface area (Å²) in [5, 5.41) is 9.30. The number of Topliss-reactive ketones (excluding diaryl/α,β-unsaturated/α-hetero) is 2. The summed E-state index contributed by atoms with van der Waals surface area (Å²) in [5.41, 5.74) is 3.54. The minimum atomic E-state index is -0.393. The van der Waals surface area contributed by atoms with Crippen LogP contribution in [0.4, 0.5) is 0 Å². The molecule has 1 aliphatic heterocycles. The second-order valence-electron chi connectivity index (χ2n) is 8.71. The Morgan fingerprint density at radius 2 is 1.79 bits per heavy atom. The van der Waals surface area contributed by atoms with Gasteiger partial charge in [-0.3, -0.25) is 19.1 Å². The average Bonchev–Trinajstić information content (AvgIpc) is 3.33. The lowest BCUT2D eigenvalue weighted by molar-refractivity contribution is 0.0988. The average molecular weight is 466 g/mol. The maximum atomic E-state index is 13.3. The van der Waals surface area contributed by atoms with Gasteiger partial charge in [-0.15, -0.1) is 10.2 Å². The van der Waals surface area contributed by atoms with E-state index in [-0.39, 0.29) is 11.6 Å². The molecule has 0 bridgehead atoms. The van der Waals surface area contributed by atoms with E-state index in [1.54, 1.807) is 0 Å². The normalized spacial score (nSPS) is 15.5. The van der Waals surface area contributed by atoms with Gasteiger partial charge in [0, 0.05) is 16.9 Å². The number of rotatable bonds is 8. The lowest BCUT2D eigenvalue weighted by Gasteiger charge is -2.26. The standard InChI is InChI=1S/C25H31N5O2S/c1-16-22(18(3)31)17(2)26-23(16)24(32)19(4)33-25-28-27-21(15-29-13-9-6-10-14-29)30(25)20-11-7-5-8-12-20/h5,7-8,11-12,19,26H,6,9-10,13-15H2,1-4H3. The summed E-state index contributed by atoms with van der Waals surface area (Å²) in [6.07, 6.45) is 3.71. The van der Waals surface area contributed by atoms with Gasteiger partial charge in [0.25, 0.3) is 0 Å². The predicted octanol–water partition coefficient (Wildman–Crippen LogP) is 4.76. The first kappa shape index (κ1) is 23.4. The van der Waals surface area contributed by atoms with E-state index in [4.69, 9.17) is 0 Å². The molecule has 0 radical (unpaired) electrons. The van der Waals surface area contributed by atoms with Crippen LogP contribution in [0.25, 0.3) is 5.69 Å². The Labute approximate surface area is 199 Å². The number of nitrogens with one attached hydrogen (secondary N) is 1. The van der Waals surface area contributed by atoms with Crippen LogP contribution in [0.3, 0.4) is 0 Å². The minimum absolute atomic E-state index is 0.0354. The van der Waals surface area contributed by atoms with E-state index in [0.717, 1.165) is 36.8 Å². The van der Waals surface area contributed by atoms with Gasteiger partial charge in [0.2, 0.25) is 0 Å². The zero-order chi connectivity index (χ0) is 23.5. The maximum absolute atomic E-state index is 13.3. The number of carbonyl (C=O) groups is 2. The number of H-pyrrole nitrogens is 1. The van der Waals surface area contributed by atoms with Crippen LogP contribution in [0.5, 0.6) is 0 Å². The van der Waals surface area contributed by atoms with E-state index in [1.807, 2.05) is 51.1 Å². The number of aromatic amines is 1. The van der Waals surface area contributed by atoms with E-state index < -0.39 is 5.25 Å². The molecule has 1 aromatic carbocycles. The molecule has 0 amide bonds. The summed E-state index contributed by atoms with van der Waals surface area (Å²) in [5.74, 6) is 0.802. The first-order valence-corrected chi connectivity index (χ1v) is 12.4. The monoisotopic (exact) mass is 465 g/mol. The highest BCUT2D eigenvalue weighted by Gasteiger charge is 2.27. The van der Waals surface area contributed by atoms with Gasteiger partial charge in [-0.25, -0.2) is 0 Å². The van der Waals surface area contributed by atoms with Crippen molar-refractivity contribution in [1.29, 1.82) is 0 Å². The molecule has 2 aromatic heterocycles. The first-order valence-electron chi connectivity index (χ1n) is 11.5. The van der Waals surface area contributed by atoms with Crippen LogP contribution in [0.2, 0.25) is 0 Å². The first-order chi connectivity index (χ1) is 15.9. The van der Waals surface area contributed by atoms with Crippen molar-refractivity contribution in [2.75, 3.05) is 13.1 Å². The van der Waals surface area contributed by atoms with Crippen LogP contribution in [0.1, 0.15) is 71.0 Å². The molecular formula is C25H31N5O2S. The summed E-state index contributed by atoms with van der Waals surface area (Å²) in [4.78, 5) is 30.8. The SMILES string of the molecule is CC(=O)c1c(C)[nH]c(C(=O)C(C)Sc2nnc(CN3CCCCC3)n2-c2ccccc2)c1C. The number of hydrogen-bond donors (Lipinski definition) is 1.